The van der Waals surface area contributed by atoms with Gasteiger partial charge in [-0.1, -0.05) is 18.2 Å². The van der Waals surface area contributed by atoms with E-state index in [1.165, 1.54) is 0 Å². The summed E-state index contributed by atoms with van der Waals surface area (Å²) in [7, 11) is 0. The highest BCUT2D eigenvalue weighted by Gasteiger charge is 2.10. The molecule has 4 heteroatoms. The average Bonchev–Trinajstić information content (AvgIpc) is 2.80. The average molecular weight is 259 g/mol. The molecule has 0 saturated heterocycles. The summed E-state index contributed by atoms with van der Waals surface area (Å²) in [6.07, 6.45) is 5.42. The van der Waals surface area contributed by atoms with Crippen molar-refractivity contribution in [2.75, 3.05) is 5.32 Å². The van der Waals surface area contributed by atoms with E-state index in [1.54, 1.807) is 25.3 Å². The van der Waals surface area contributed by atoms with Crippen LogP contribution in [0.2, 0.25) is 0 Å². The van der Waals surface area contributed by atoms with Crippen LogP contribution in [0.1, 0.15) is 24.1 Å². The van der Waals surface area contributed by atoms with E-state index in [1.807, 2.05) is 29.8 Å². The third-order valence-corrected chi connectivity index (χ3v) is 3.08. The smallest absolute Gasteiger partial charge is 0.203 e. The van der Waals surface area contributed by atoms with Crippen LogP contribution in [0.5, 0.6) is 0 Å². The minimum absolute atomic E-state index is 0.0129. The molecule has 0 saturated carbocycles. The van der Waals surface area contributed by atoms with Crippen LogP contribution in [0.4, 0.5) is 10.3 Å². The predicted octanol–water partition coefficient (Wildman–Crippen LogP) is 3.69. The normalized spacial score (nSPS) is 12.2. The molecule has 2 rings (SSSR count). The first kappa shape index (κ1) is 13.3. The number of anilines is 1. The maximum Gasteiger partial charge on any atom is 0.203 e. The fourth-order valence-corrected chi connectivity index (χ4v) is 1.89. The number of hydrogen-bond donors (Lipinski definition) is 1. The molecule has 0 aliphatic heterocycles. The van der Waals surface area contributed by atoms with Crippen molar-refractivity contribution in [1.82, 2.24) is 9.55 Å². The Morgan fingerprint density at radius 3 is 3.00 bits per heavy atom. The molecule has 1 unspecified atom stereocenters. The highest BCUT2D eigenvalue weighted by molar-refractivity contribution is 5.34. The molecule has 100 valence electrons. The molecule has 0 radical (unpaired) electrons. The van der Waals surface area contributed by atoms with E-state index in [2.05, 4.69) is 16.9 Å². The topological polar surface area (TPSA) is 29.9 Å². The molecule has 1 aromatic heterocycles. The third kappa shape index (κ3) is 3.02. The molecule has 1 N–H and O–H groups in total. The van der Waals surface area contributed by atoms with Crippen molar-refractivity contribution in [1.29, 1.82) is 0 Å². The van der Waals surface area contributed by atoms with Gasteiger partial charge in [0.05, 0.1) is 6.04 Å². The highest BCUT2D eigenvalue weighted by Crippen LogP contribution is 2.20. The van der Waals surface area contributed by atoms with Crippen molar-refractivity contribution in [2.24, 2.45) is 0 Å². The molecular formula is C15H18FN3. The minimum atomic E-state index is -0.180. The highest BCUT2D eigenvalue weighted by atomic mass is 19.1. The maximum atomic E-state index is 13.6. The van der Waals surface area contributed by atoms with Gasteiger partial charge in [0.15, 0.2) is 0 Å². The fraction of sp³-hybridized carbons (Fsp3) is 0.267. The van der Waals surface area contributed by atoms with E-state index in [-0.39, 0.29) is 11.9 Å². The summed E-state index contributed by atoms with van der Waals surface area (Å²) in [6.45, 7) is 8.14. The Hall–Kier alpha value is -2.10. The number of rotatable bonds is 5. The molecule has 2 aromatic rings. The van der Waals surface area contributed by atoms with Gasteiger partial charge in [0.1, 0.15) is 5.82 Å². The molecule has 1 atom stereocenters. The third-order valence-electron chi connectivity index (χ3n) is 3.08. The van der Waals surface area contributed by atoms with Gasteiger partial charge in [-0.15, -0.1) is 6.58 Å². The quantitative estimate of drug-likeness (QED) is 0.830. The summed E-state index contributed by atoms with van der Waals surface area (Å²) in [6, 6.07) is 5.27. The Bertz CT molecular complexity index is 575. The van der Waals surface area contributed by atoms with Gasteiger partial charge < -0.3 is 9.88 Å². The number of aromatic nitrogens is 2. The predicted molar refractivity (Wildman–Crippen MR) is 75.6 cm³/mol. The summed E-state index contributed by atoms with van der Waals surface area (Å²) in [4.78, 5) is 4.25. The van der Waals surface area contributed by atoms with Crippen LogP contribution in [0, 0.1) is 12.7 Å². The first-order valence-corrected chi connectivity index (χ1v) is 6.26. The monoisotopic (exact) mass is 259 g/mol. The second-order valence-corrected chi connectivity index (χ2v) is 4.57. The second-order valence-electron chi connectivity index (χ2n) is 4.57. The van der Waals surface area contributed by atoms with Crippen molar-refractivity contribution in [3.8, 4) is 0 Å². The van der Waals surface area contributed by atoms with Gasteiger partial charge in [-0.25, -0.2) is 9.37 Å². The molecular weight excluding hydrogens is 241 g/mol. The van der Waals surface area contributed by atoms with Crippen LogP contribution in [-0.2, 0) is 6.54 Å². The van der Waals surface area contributed by atoms with Gasteiger partial charge in [0.2, 0.25) is 5.95 Å². The zero-order chi connectivity index (χ0) is 13.8. The van der Waals surface area contributed by atoms with E-state index in [0.29, 0.717) is 12.1 Å². The van der Waals surface area contributed by atoms with E-state index < -0.39 is 0 Å². The standard InChI is InChI=1S/C15H18FN3/c1-4-8-19-9-7-17-15(19)18-12(3)13-6-5-11(2)14(16)10-13/h4-7,9-10,12H,1,8H2,2-3H3,(H,17,18). The lowest BCUT2D eigenvalue weighted by molar-refractivity contribution is 0.614. The number of imidazole rings is 1. The lowest BCUT2D eigenvalue weighted by Gasteiger charge is -2.16. The molecule has 0 spiro atoms. The number of nitrogens with zero attached hydrogens (tertiary/aromatic N) is 2. The number of aryl methyl sites for hydroxylation is 1. The van der Waals surface area contributed by atoms with Crippen LogP contribution in [0.3, 0.4) is 0 Å². The Kier molecular flexibility index (Phi) is 4.00. The van der Waals surface area contributed by atoms with E-state index in [4.69, 9.17) is 0 Å². The van der Waals surface area contributed by atoms with Crippen LogP contribution >= 0.6 is 0 Å². The first-order chi connectivity index (χ1) is 9.11. The van der Waals surface area contributed by atoms with E-state index >= 15 is 0 Å². The van der Waals surface area contributed by atoms with E-state index in [9.17, 15) is 4.39 Å². The molecule has 3 nitrogen and oxygen atoms in total. The number of nitrogens with one attached hydrogen (secondary N) is 1. The molecule has 1 aromatic carbocycles. The Morgan fingerprint density at radius 2 is 2.32 bits per heavy atom. The number of benzene rings is 1. The zero-order valence-corrected chi connectivity index (χ0v) is 11.2. The van der Waals surface area contributed by atoms with Crippen LogP contribution in [0.15, 0.2) is 43.2 Å². The molecule has 0 fully saturated rings. The van der Waals surface area contributed by atoms with Crippen molar-refractivity contribution >= 4 is 5.95 Å². The van der Waals surface area contributed by atoms with Crippen LogP contribution in [0.25, 0.3) is 0 Å². The molecule has 1 heterocycles. The summed E-state index contributed by atoms with van der Waals surface area (Å²) < 4.78 is 15.5. The van der Waals surface area contributed by atoms with Gasteiger partial charge in [0, 0.05) is 18.9 Å². The van der Waals surface area contributed by atoms with Crippen molar-refractivity contribution in [3.05, 3.63) is 60.2 Å². The van der Waals surface area contributed by atoms with Gasteiger partial charge in [-0.05, 0) is 31.0 Å². The van der Waals surface area contributed by atoms with Crippen molar-refractivity contribution < 1.29 is 4.39 Å². The van der Waals surface area contributed by atoms with E-state index in [0.717, 1.165) is 11.5 Å². The van der Waals surface area contributed by atoms with Crippen LogP contribution in [-0.4, -0.2) is 9.55 Å². The van der Waals surface area contributed by atoms with Crippen molar-refractivity contribution in [3.63, 3.8) is 0 Å². The second kappa shape index (κ2) is 5.69. The van der Waals surface area contributed by atoms with Gasteiger partial charge >= 0.3 is 0 Å². The van der Waals surface area contributed by atoms with Crippen LogP contribution < -0.4 is 5.32 Å². The molecule has 0 amide bonds. The number of hydrogen-bond acceptors (Lipinski definition) is 2. The summed E-state index contributed by atoms with van der Waals surface area (Å²) >= 11 is 0. The fourth-order valence-electron chi connectivity index (χ4n) is 1.89. The Balaban J connectivity index is 2.15. The molecule has 0 aliphatic carbocycles. The van der Waals surface area contributed by atoms with Gasteiger partial charge in [-0.2, -0.15) is 0 Å². The lowest BCUT2D eigenvalue weighted by atomic mass is 10.1. The summed E-state index contributed by atoms with van der Waals surface area (Å²) in [5.74, 6) is 0.578. The largest absolute Gasteiger partial charge is 0.349 e. The van der Waals surface area contributed by atoms with Crippen molar-refractivity contribution in [2.45, 2.75) is 26.4 Å². The summed E-state index contributed by atoms with van der Waals surface area (Å²) in [5.41, 5.74) is 1.56. The van der Waals surface area contributed by atoms with Gasteiger partial charge in [0.25, 0.3) is 0 Å². The number of allylic oxidation sites excluding steroid dienone is 1. The lowest BCUT2D eigenvalue weighted by Crippen LogP contribution is -2.11. The van der Waals surface area contributed by atoms with Gasteiger partial charge in [-0.3, -0.25) is 0 Å². The first-order valence-electron chi connectivity index (χ1n) is 6.26. The molecule has 0 aliphatic rings. The Labute approximate surface area is 112 Å². The molecule has 0 bridgehead atoms. The minimum Gasteiger partial charge on any atom is -0.349 e. The summed E-state index contributed by atoms with van der Waals surface area (Å²) in [5, 5.41) is 3.28. The SMILES string of the molecule is C=CCn1ccnc1NC(C)c1ccc(C)c(F)c1. The number of halogens is 1. The maximum absolute atomic E-state index is 13.6. The zero-order valence-electron chi connectivity index (χ0n) is 11.2. The Morgan fingerprint density at radius 1 is 1.53 bits per heavy atom. The molecule has 19 heavy (non-hydrogen) atoms.